The van der Waals surface area contributed by atoms with Crippen molar-refractivity contribution in [2.24, 2.45) is 0 Å². The van der Waals surface area contributed by atoms with Gasteiger partial charge in [0.2, 0.25) is 0 Å². The molecular formula is C27H26ClN5O3. The van der Waals surface area contributed by atoms with E-state index in [-0.39, 0.29) is 31.9 Å². The van der Waals surface area contributed by atoms with E-state index in [0.29, 0.717) is 47.2 Å². The van der Waals surface area contributed by atoms with Crippen molar-refractivity contribution in [3.63, 3.8) is 0 Å². The van der Waals surface area contributed by atoms with Crippen molar-refractivity contribution in [3.05, 3.63) is 88.2 Å². The molecule has 0 aliphatic carbocycles. The van der Waals surface area contributed by atoms with Gasteiger partial charge in [-0.05, 0) is 48.0 Å². The Kier molecular flexibility index (Phi) is 8.37. The van der Waals surface area contributed by atoms with Crippen molar-refractivity contribution in [2.75, 3.05) is 44.4 Å². The van der Waals surface area contributed by atoms with E-state index in [4.69, 9.17) is 26.7 Å². The van der Waals surface area contributed by atoms with Gasteiger partial charge in [0.15, 0.2) is 0 Å². The van der Waals surface area contributed by atoms with Crippen molar-refractivity contribution in [1.29, 1.82) is 10.5 Å². The fourth-order valence-electron chi connectivity index (χ4n) is 4.52. The van der Waals surface area contributed by atoms with Gasteiger partial charge in [0, 0.05) is 30.9 Å². The number of pyridine rings is 1. The molecule has 1 saturated heterocycles. The van der Waals surface area contributed by atoms with Gasteiger partial charge in [-0.1, -0.05) is 23.7 Å². The van der Waals surface area contributed by atoms with Crippen LogP contribution in [-0.4, -0.2) is 59.6 Å². The second-order valence-electron chi connectivity index (χ2n) is 8.40. The summed E-state index contributed by atoms with van der Waals surface area (Å²) >= 11 is 6.15. The summed E-state index contributed by atoms with van der Waals surface area (Å²) in [5.74, 6) is 0.526. The van der Waals surface area contributed by atoms with Crippen molar-refractivity contribution in [3.8, 4) is 17.9 Å². The number of rotatable bonds is 8. The van der Waals surface area contributed by atoms with Crippen LogP contribution in [0.25, 0.3) is 0 Å². The number of aromatic nitrogens is 1. The largest absolute Gasteiger partial charge is 0.491 e. The normalized spacial score (nSPS) is 16.7. The Morgan fingerprint density at radius 2 is 1.86 bits per heavy atom. The van der Waals surface area contributed by atoms with E-state index < -0.39 is 0 Å². The first kappa shape index (κ1) is 25.4. The number of ether oxygens (including phenoxy) is 1. The number of aliphatic hydroxyl groups excluding tert-OH is 2. The third-order valence-corrected chi connectivity index (χ3v) is 6.55. The molecule has 0 bridgehead atoms. The Bertz CT molecular complexity index is 1250. The zero-order valence-corrected chi connectivity index (χ0v) is 20.3. The van der Waals surface area contributed by atoms with Crippen LogP contribution < -0.4 is 9.64 Å². The maximum atomic E-state index is 10.3. The highest BCUT2D eigenvalue weighted by Crippen LogP contribution is 2.37. The molecule has 184 valence electrons. The second-order valence-corrected chi connectivity index (χ2v) is 8.84. The average molecular weight is 504 g/mol. The summed E-state index contributed by atoms with van der Waals surface area (Å²) in [7, 11) is 0. The lowest BCUT2D eigenvalue weighted by Gasteiger charge is -2.45. The summed E-state index contributed by atoms with van der Waals surface area (Å²) in [6.45, 7) is 1.73. The predicted octanol–water partition coefficient (Wildman–Crippen LogP) is 3.45. The minimum Gasteiger partial charge on any atom is -0.491 e. The zero-order valence-electron chi connectivity index (χ0n) is 19.6. The third kappa shape index (κ3) is 5.59. The lowest BCUT2D eigenvalue weighted by atomic mass is 9.98. The van der Waals surface area contributed by atoms with Gasteiger partial charge < -0.3 is 19.8 Å². The van der Waals surface area contributed by atoms with Crippen LogP contribution in [-0.2, 0) is 0 Å². The van der Waals surface area contributed by atoms with Gasteiger partial charge in [-0.2, -0.15) is 10.5 Å². The van der Waals surface area contributed by atoms with Crippen molar-refractivity contribution in [1.82, 2.24) is 9.88 Å². The quantitative estimate of drug-likeness (QED) is 0.480. The van der Waals surface area contributed by atoms with Gasteiger partial charge in [-0.3, -0.25) is 9.88 Å². The smallest absolute Gasteiger partial charge is 0.120 e. The molecule has 0 amide bonds. The van der Waals surface area contributed by atoms with Crippen LogP contribution in [0.5, 0.6) is 5.75 Å². The number of aliphatic hydroxyl groups is 2. The standard InChI is InChI=1S/C27H26ClN5O3/c28-22-4-2-20(3-5-22)26-17-32(27(18-35)24-7-1-19(14-29)16-31-24)9-10-33(26)25-8-6-23(36-12-11-34)13-21(25)15-30/h1-8,13,16,26-27,34-35H,9-12,17-18H2/t26-,27?/m0/s1. The van der Waals surface area contributed by atoms with Gasteiger partial charge in [-0.15, -0.1) is 0 Å². The maximum absolute atomic E-state index is 10.3. The average Bonchev–Trinajstić information content (AvgIpc) is 2.93. The van der Waals surface area contributed by atoms with E-state index in [1.165, 1.54) is 6.20 Å². The van der Waals surface area contributed by atoms with Gasteiger partial charge in [0.05, 0.1) is 47.8 Å². The summed E-state index contributed by atoms with van der Waals surface area (Å²) in [6.07, 6.45) is 1.52. The van der Waals surface area contributed by atoms with Crippen LogP contribution in [0.15, 0.2) is 60.8 Å². The highest BCUT2D eigenvalue weighted by molar-refractivity contribution is 6.30. The van der Waals surface area contributed by atoms with E-state index in [0.717, 1.165) is 11.3 Å². The number of anilines is 1. The highest BCUT2D eigenvalue weighted by atomic mass is 35.5. The molecule has 9 heteroatoms. The molecule has 1 aliphatic rings. The molecule has 1 fully saturated rings. The first-order chi connectivity index (χ1) is 17.6. The molecule has 0 radical (unpaired) electrons. The molecule has 2 atom stereocenters. The van der Waals surface area contributed by atoms with Crippen LogP contribution in [0.3, 0.4) is 0 Å². The van der Waals surface area contributed by atoms with Crippen LogP contribution in [0.2, 0.25) is 5.02 Å². The summed E-state index contributed by atoms with van der Waals surface area (Å²) in [5, 5.41) is 38.9. The summed E-state index contributed by atoms with van der Waals surface area (Å²) in [6, 6.07) is 20.4. The highest BCUT2D eigenvalue weighted by Gasteiger charge is 2.34. The zero-order chi connectivity index (χ0) is 25.5. The van der Waals surface area contributed by atoms with Crippen LogP contribution in [0, 0.1) is 22.7 Å². The molecular weight excluding hydrogens is 478 g/mol. The first-order valence-electron chi connectivity index (χ1n) is 11.6. The number of nitriles is 2. The molecule has 3 aromatic rings. The fourth-order valence-corrected chi connectivity index (χ4v) is 4.64. The van der Waals surface area contributed by atoms with Crippen molar-refractivity contribution >= 4 is 17.3 Å². The van der Waals surface area contributed by atoms with E-state index in [1.54, 1.807) is 24.3 Å². The van der Waals surface area contributed by atoms with E-state index >= 15 is 0 Å². The van der Waals surface area contributed by atoms with E-state index in [9.17, 15) is 10.4 Å². The Labute approximate surface area is 215 Å². The Morgan fingerprint density at radius 1 is 1.06 bits per heavy atom. The number of hydrogen-bond acceptors (Lipinski definition) is 8. The van der Waals surface area contributed by atoms with Crippen LogP contribution >= 0.6 is 11.6 Å². The summed E-state index contributed by atoms with van der Waals surface area (Å²) in [4.78, 5) is 8.78. The van der Waals surface area contributed by atoms with Crippen LogP contribution in [0.1, 0.15) is 34.5 Å². The number of benzene rings is 2. The SMILES string of the molecule is N#Cc1ccc(C(CO)N2CCN(c3ccc(OCCO)cc3C#N)[C@H](c3ccc(Cl)cc3)C2)nc1. The molecule has 1 aliphatic heterocycles. The van der Waals surface area contributed by atoms with E-state index in [1.807, 2.05) is 30.3 Å². The number of hydrogen-bond donors (Lipinski definition) is 2. The molecule has 0 saturated carbocycles. The van der Waals surface area contributed by atoms with Gasteiger partial charge in [0.25, 0.3) is 0 Å². The summed E-state index contributed by atoms with van der Waals surface area (Å²) < 4.78 is 5.50. The molecule has 36 heavy (non-hydrogen) atoms. The lowest BCUT2D eigenvalue weighted by Crippen LogP contribution is -2.50. The second kappa shape index (κ2) is 11.9. The molecule has 0 spiro atoms. The van der Waals surface area contributed by atoms with Gasteiger partial charge >= 0.3 is 0 Å². The first-order valence-corrected chi connectivity index (χ1v) is 12.0. The van der Waals surface area contributed by atoms with Crippen LogP contribution in [0.4, 0.5) is 5.69 Å². The van der Waals surface area contributed by atoms with Gasteiger partial charge in [0.1, 0.15) is 24.5 Å². The number of piperazine rings is 1. The maximum Gasteiger partial charge on any atom is 0.120 e. The number of nitrogens with zero attached hydrogens (tertiary/aromatic N) is 5. The van der Waals surface area contributed by atoms with Crippen molar-refractivity contribution < 1.29 is 14.9 Å². The molecule has 8 nitrogen and oxygen atoms in total. The topological polar surface area (TPSA) is 117 Å². The Morgan fingerprint density at radius 3 is 2.50 bits per heavy atom. The minimum atomic E-state index is -0.334. The molecule has 4 rings (SSSR count). The van der Waals surface area contributed by atoms with Crippen molar-refractivity contribution in [2.45, 2.75) is 12.1 Å². The molecule has 1 unspecified atom stereocenters. The lowest BCUT2D eigenvalue weighted by molar-refractivity contribution is 0.100. The minimum absolute atomic E-state index is 0.107. The fraction of sp³-hybridized carbons (Fsp3) is 0.296. The molecule has 1 aromatic heterocycles. The molecule has 2 heterocycles. The third-order valence-electron chi connectivity index (χ3n) is 6.30. The summed E-state index contributed by atoms with van der Waals surface area (Å²) in [5.41, 5.74) is 3.45. The van der Waals surface area contributed by atoms with Gasteiger partial charge in [-0.25, -0.2) is 0 Å². The van der Waals surface area contributed by atoms with E-state index in [2.05, 4.69) is 26.9 Å². The monoisotopic (exact) mass is 503 g/mol. The molecule has 2 N–H and O–H groups in total. The predicted molar refractivity (Wildman–Crippen MR) is 136 cm³/mol. The molecule has 2 aromatic carbocycles. The Balaban J connectivity index is 1.67. The number of halogens is 1. The Hall–Kier alpha value is -3.66.